The number of rotatable bonds is 11. The van der Waals surface area contributed by atoms with Gasteiger partial charge in [0.25, 0.3) is 0 Å². The summed E-state index contributed by atoms with van der Waals surface area (Å²) in [5.41, 5.74) is 0. The molecule has 2 aliphatic carbocycles. The summed E-state index contributed by atoms with van der Waals surface area (Å²) in [5, 5.41) is 5.81. The molecule has 1 aromatic heterocycles. The van der Waals surface area contributed by atoms with E-state index in [0.717, 1.165) is 12.1 Å². The highest BCUT2D eigenvalue weighted by Crippen LogP contribution is 2.29. The fourth-order valence-electron chi connectivity index (χ4n) is 2.82. The minimum atomic E-state index is 0.881. The molecule has 2 fully saturated rings. The highest BCUT2D eigenvalue weighted by molar-refractivity contribution is 7.09. The zero-order valence-electron chi connectivity index (χ0n) is 12.5. The Morgan fingerprint density at radius 2 is 1.95 bits per heavy atom. The Balaban J connectivity index is 1.25. The van der Waals surface area contributed by atoms with Gasteiger partial charge < -0.3 is 5.32 Å². The average molecular weight is 292 g/mol. The van der Waals surface area contributed by atoms with Crippen molar-refractivity contribution in [1.82, 2.24) is 10.2 Å². The van der Waals surface area contributed by atoms with Crippen LogP contribution in [0, 0.1) is 0 Å². The predicted molar refractivity (Wildman–Crippen MR) is 87.2 cm³/mol. The Morgan fingerprint density at radius 3 is 2.65 bits per heavy atom. The van der Waals surface area contributed by atoms with Crippen molar-refractivity contribution < 1.29 is 0 Å². The molecule has 112 valence electrons. The number of nitrogens with zero attached hydrogens (tertiary/aromatic N) is 1. The largest absolute Gasteiger partial charge is 0.314 e. The van der Waals surface area contributed by atoms with Crippen LogP contribution in [0.3, 0.4) is 0 Å². The van der Waals surface area contributed by atoms with Crippen LogP contribution in [0.4, 0.5) is 0 Å². The van der Waals surface area contributed by atoms with Gasteiger partial charge in [-0.05, 0) is 63.1 Å². The molecule has 0 unspecified atom stereocenters. The van der Waals surface area contributed by atoms with Crippen molar-refractivity contribution in [2.45, 2.75) is 70.0 Å². The smallest absolute Gasteiger partial charge is 0.0330 e. The molecule has 2 saturated carbocycles. The zero-order chi connectivity index (χ0) is 13.6. The van der Waals surface area contributed by atoms with E-state index in [1.54, 1.807) is 0 Å². The van der Waals surface area contributed by atoms with Crippen LogP contribution in [0.2, 0.25) is 0 Å². The third kappa shape index (κ3) is 5.19. The fraction of sp³-hybridized carbons (Fsp3) is 0.765. The lowest BCUT2D eigenvalue weighted by molar-refractivity contribution is 0.250. The normalized spacial score (nSPS) is 18.9. The maximum absolute atomic E-state index is 3.61. The van der Waals surface area contributed by atoms with Gasteiger partial charge in [0.15, 0.2) is 0 Å². The lowest BCUT2D eigenvalue weighted by atomic mass is 10.2. The van der Waals surface area contributed by atoms with E-state index in [1.807, 2.05) is 11.3 Å². The summed E-state index contributed by atoms with van der Waals surface area (Å²) in [7, 11) is 0. The number of hydrogen-bond acceptors (Lipinski definition) is 3. The van der Waals surface area contributed by atoms with Crippen molar-refractivity contribution in [2.75, 3.05) is 13.1 Å². The molecule has 20 heavy (non-hydrogen) atoms. The minimum absolute atomic E-state index is 0.881. The topological polar surface area (TPSA) is 15.3 Å². The molecule has 0 radical (unpaired) electrons. The summed E-state index contributed by atoms with van der Waals surface area (Å²) in [4.78, 5) is 4.25. The summed E-state index contributed by atoms with van der Waals surface area (Å²) < 4.78 is 0. The number of hydrogen-bond donors (Lipinski definition) is 1. The molecular formula is C17H28N2S. The molecule has 0 spiro atoms. The lowest BCUT2D eigenvalue weighted by Crippen LogP contribution is -2.26. The van der Waals surface area contributed by atoms with Gasteiger partial charge in [-0.1, -0.05) is 18.9 Å². The van der Waals surface area contributed by atoms with Crippen molar-refractivity contribution in [3.63, 3.8) is 0 Å². The molecular weight excluding hydrogens is 264 g/mol. The van der Waals surface area contributed by atoms with Crippen LogP contribution in [-0.4, -0.2) is 30.1 Å². The van der Waals surface area contributed by atoms with Crippen LogP contribution in [-0.2, 0) is 6.54 Å². The molecule has 2 aliphatic rings. The molecule has 1 aromatic rings. The second kappa shape index (κ2) is 7.58. The number of unbranched alkanes of at least 4 members (excludes halogenated alkanes) is 3. The first-order valence-corrected chi connectivity index (χ1v) is 9.29. The molecule has 1 N–H and O–H groups in total. The first-order valence-electron chi connectivity index (χ1n) is 8.41. The van der Waals surface area contributed by atoms with Crippen molar-refractivity contribution in [3.05, 3.63) is 22.4 Å². The van der Waals surface area contributed by atoms with E-state index < -0.39 is 0 Å². The van der Waals surface area contributed by atoms with Crippen LogP contribution in [0.5, 0.6) is 0 Å². The van der Waals surface area contributed by atoms with Crippen LogP contribution >= 0.6 is 11.3 Å². The summed E-state index contributed by atoms with van der Waals surface area (Å²) in [6.45, 7) is 3.73. The van der Waals surface area contributed by atoms with Gasteiger partial charge in [-0.15, -0.1) is 11.3 Å². The molecule has 0 aliphatic heterocycles. The monoisotopic (exact) mass is 292 g/mol. The summed E-state index contributed by atoms with van der Waals surface area (Å²) in [5.74, 6) is 0. The van der Waals surface area contributed by atoms with Crippen LogP contribution in [0.1, 0.15) is 56.2 Å². The van der Waals surface area contributed by atoms with E-state index >= 15 is 0 Å². The summed E-state index contributed by atoms with van der Waals surface area (Å²) in [6, 6.07) is 6.24. The van der Waals surface area contributed by atoms with Crippen LogP contribution in [0.25, 0.3) is 0 Å². The maximum Gasteiger partial charge on any atom is 0.0330 e. The average Bonchev–Trinajstić information content (AvgIpc) is 3.37. The van der Waals surface area contributed by atoms with E-state index in [9.17, 15) is 0 Å². The van der Waals surface area contributed by atoms with Crippen molar-refractivity contribution in [3.8, 4) is 0 Å². The Morgan fingerprint density at radius 1 is 1.10 bits per heavy atom. The Hall–Kier alpha value is -0.380. The summed E-state index contributed by atoms with van der Waals surface area (Å²) in [6.07, 6.45) is 11.2. The fourth-order valence-corrected chi connectivity index (χ4v) is 3.55. The van der Waals surface area contributed by atoms with Crippen molar-refractivity contribution in [2.24, 2.45) is 0 Å². The first-order chi connectivity index (χ1) is 9.92. The Kier molecular flexibility index (Phi) is 5.51. The maximum atomic E-state index is 3.61. The van der Waals surface area contributed by atoms with Crippen LogP contribution in [0.15, 0.2) is 17.5 Å². The third-order valence-electron chi connectivity index (χ3n) is 4.38. The van der Waals surface area contributed by atoms with Crippen molar-refractivity contribution in [1.29, 1.82) is 0 Å². The van der Waals surface area contributed by atoms with Gasteiger partial charge in [-0.3, -0.25) is 4.90 Å². The standard InChI is InChI=1S/C17H28N2S/c1(3-11-18-15-7-8-15)2-4-12-19(16-9-10-16)14-17-6-5-13-20-17/h5-6,13,15-16,18H,1-4,7-12,14H2. The molecule has 2 nitrogen and oxygen atoms in total. The van der Waals surface area contributed by atoms with Gasteiger partial charge in [0.05, 0.1) is 0 Å². The van der Waals surface area contributed by atoms with E-state index in [4.69, 9.17) is 0 Å². The molecule has 0 bridgehead atoms. The highest BCUT2D eigenvalue weighted by atomic mass is 32.1. The van der Waals surface area contributed by atoms with Crippen LogP contribution < -0.4 is 5.32 Å². The highest BCUT2D eigenvalue weighted by Gasteiger charge is 2.28. The molecule has 0 atom stereocenters. The molecule has 0 saturated heterocycles. The van der Waals surface area contributed by atoms with Gasteiger partial charge in [-0.25, -0.2) is 0 Å². The van der Waals surface area contributed by atoms with E-state index in [-0.39, 0.29) is 0 Å². The molecule has 3 heteroatoms. The summed E-state index contributed by atoms with van der Waals surface area (Å²) >= 11 is 1.91. The quantitative estimate of drug-likeness (QED) is 0.620. The SMILES string of the molecule is c1csc(CN(CCCCCCNC2CC2)C2CC2)c1. The molecule has 3 rings (SSSR count). The Bertz CT molecular complexity index is 368. The minimum Gasteiger partial charge on any atom is -0.314 e. The van der Waals surface area contributed by atoms with Gasteiger partial charge in [0.1, 0.15) is 0 Å². The second-order valence-electron chi connectivity index (χ2n) is 6.42. The third-order valence-corrected chi connectivity index (χ3v) is 5.25. The lowest BCUT2D eigenvalue weighted by Gasteiger charge is -2.21. The van der Waals surface area contributed by atoms with E-state index in [0.29, 0.717) is 0 Å². The predicted octanol–water partition coefficient (Wildman–Crippen LogP) is 4.02. The second-order valence-corrected chi connectivity index (χ2v) is 7.46. The van der Waals surface area contributed by atoms with E-state index in [1.165, 1.54) is 75.9 Å². The number of thiophene rings is 1. The van der Waals surface area contributed by atoms with Gasteiger partial charge in [0.2, 0.25) is 0 Å². The Labute approximate surface area is 127 Å². The van der Waals surface area contributed by atoms with Gasteiger partial charge in [-0.2, -0.15) is 0 Å². The molecule has 0 amide bonds. The molecule has 0 aromatic carbocycles. The first kappa shape index (κ1) is 14.6. The van der Waals surface area contributed by atoms with Gasteiger partial charge >= 0.3 is 0 Å². The van der Waals surface area contributed by atoms with E-state index in [2.05, 4.69) is 27.7 Å². The molecule has 1 heterocycles. The number of nitrogens with one attached hydrogen (secondary N) is 1. The zero-order valence-corrected chi connectivity index (χ0v) is 13.3. The van der Waals surface area contributed by atoms with Gasteiger partial charge in [0, 0.05) is 23.5 Å². The van der Waals surface area contributed by atoms with Crippen molar-refractivity contribution >= 4 is 11.3 Å².